The normalized spacial score (nSPS) is 17.3. The first-order valence-electron chi connectivity index (χ1n) is 14.6. The zero-order valence-corrected chi connectivity index (χ0v) is 26.6. The topological polar surface area (TPSA) is 113 Å². The highest BCUT2D eigenvalue weighted by Crippen LogP contribution is 2.36. The molecule has 0 unspecified atom stereocenters. The molecule has 1 amide bonds. The molecule has 4 aromatic heterocycles. The summed E-state index contributed by atoms with van der Waals surface area (Å²) in [5.41, 5.74) is 2.72. The van der Waals surface area contributed by atoms with Gasteiger partial charge in [0.05, 0.1) is 46.7 Å². The highest BCUT2D eigenvalue weighted by Gasteiger charge is 2.28. The maximum atomic E-state index is 16.1. The van der Waals surface area contributed by atoms with E-state index in [1.165, 1.54) is 27.7 Å². The van der Waals surface area contributed by atoms with Crippen LogP contribution in [0.15, 0.2) is 66.0 Å². The molecule has 2 bridgehead atoms. The molecule has 6 rings (SSSR count). The monoisotopic (exact) mass is 648 g/mol. The van der Waals surface area contributed by atoms with E-state index in [0.717, 1.165) is 11.3 Å². The number of aromatic nitrogens is 7. The quantitative estimate of drug-likeness (QED) is 0.228. The number of carbonyl (C=O) groups excluding carboxylic acids is 1. The Hall–Kier alpha value is -4.35. The summed E-state index contributed by atoms with van der Waals surface area (Å²) in [5.74, 6) is -1.05. The Labute approximate surface area is 268 Å². The first-order valence-corrected chi connectivity index (χ1v) is 15.3. The Morgan fingerprint density at radius 1 is 1.02 bits per heavy atom. The number of anilines is 1. The lowest BCUT2D eigenvalue weighted by Gasteiger charge is -2.25. The fourth-order valence-corrected chi connectivity index (χ4v) is 5.99. The average molecular weight is 650 g/mol. The lowest BCUT2D eigenvalue weighted by Crippen LogP contribution is -2.28. The minimum absolute atomic E-state index is 0.0549. The van der Waals surface area contributed by atoms with Gasteiger partial charge >= 0.3 is 0 Å². The Kier molecular flexibility index (Phi) is 8.09. The lowest BCUT2D eigenvalue weighted by atomic mass is 9.96. The zero-order valence-electron chi connectivity index (χ0n) is 25.1. The molecule has 1 aliphatic heterocycles. The van der Waals surface area contributed by atoms with Crippen LogP contribution >= 0.6 is 23.2 Å². The molecule has 13 heteroatoms. The van der Waals surface area contributed by atoms with E-state index in [1.54, 1.807) is 30.6 Å². The highest BCUT2D eigenvalue weighted by atomic mass is 35.5. The van der Waals surface area contributed by atoms with E-state index >= 15 is 4.39 Å². The average Bonchev–Trinajstić information content (AvgIpc) is 3.62. The molecule has 232 valence electrons. The zero-order chi connectivity index (χ0) is 32.0. The van der Waals surface area contributed by atoms with Crippen molar-refractivity contribution in [1.29, 1.82) is 0 Å². The molecular formula is C32H31Cl2FN8O2. The number of halogens is 3. The van der Waals surface area contributed by atoms with Crippen LogP contribution in [0, 0.1) is 11.7 Å². The molecule has 10 nitrogen and oxygen atoms in total. The van der Waals surface area contributed by atoms with Crippen LogP contribution in [0.1, 0.15) is 58.7 Å². The first kappa shape index (κ1) is 30.7. The molecule has 1 aromatic carbocycles. The van der Waals surface area contributed by atoms with Crippen molar-refractivity contribution in [3.63, 3.8) is 0 Å². The van der Waals surface area contributed by atoms with Crippen molar-refractivity contribution in [3.8, 4) is 28.1 Å². The highest BCUT2D eigenvalue weighted by molar-refractivity contribution is 6.31. The molecule has 0 spiro atoms. The third-order valence-electron chi connectivity index (χ3n) is 7.95. The van der Waals surface area contributed by atoms with Crippen molar-refractivity contribution in [1.82, 2.24) is 34.3 Å². The fourth-order valence-electron chi connectivity index (χ4n) is 5.70. The van der Waals surface area contributed by atoms with Crippen molar-refractivity contribution < 1.29 is 9.18 Å². The van der Waals surface area contributed by atoms with Crippen LogP contribution in [0.5, 0.6) is 0 Å². The predicted molar refractivity (Wildman–Crippen MR) is 171 cm³/mol. The third-order valence-corrected chi connectivity index (χ3v) is 8.36. The van der Waals surface area contributed by atoms with Gasteiger partial charge in [-0.05, 0) is 63.9 Å². The number of amides is 1. The minimum atomic E-state index is -0.632. The van der Waals surface area contributed by atoms with E-state index < -0.39 is 23.0 Å². The smallest absolute Gasteiger partial charge is 0.251 e. The van der Waals surface area contributed by atoms with E-state index in [-0.39, 0.29) is 22.5 Å². The van der Waals surface area contributed by atoms with Crippen LogP contribution in [0.2, 0.25) is 10.2 Å². The second-order valence-electron chi connectivity index (χ2n) is 12.2. The fraction of sp³-hybridized carbons (Fsp3) is 0.312. The molecule has 45 heavy (non-hydrogen) atoms. The Balaban J connectivity index is 1.49. The second-order valence-corrected chi connectivity index (χ2v) is 13.0. The number of rotatable bonds is 3. The van der Waals surface area contributed by atoms with Gasteiger partial charge in [-0.3, -0.25) is 19.3 Å². The Morgan fingerprint density at radius 3 is 2.56 bits per heavy atom. The van der Waals surface area contributed by atoms with Gasteiger partial charge in [-0.1, -0.05) is 41.8 Å². The Bertz CT molecular complexity index is 1980. The van der Waals surface area contributed by atoms with Crippen LogP contribution in [0.4, 0.5) is 10.1 Å². The number of nitrogens with one attached hydrogen (secondary N) is 1. The number of hydrogen-bond acceptors (Lipinski definition) is 6. The molecular weight excluding hydrogens is 618 g/mol. The van der Waals surface area contributed by atoms with Gasteiger partial charge in [0.15, 0.2) is 5.15 Å². The molecule has 1 N–H and O–H groups in total. The third kappa shape index (κ3) is 6.02. The molecule has 0 saturated carbocycles. The van der Waals surface area contributed by atoms with E-state index in [9.17, 15) is 9.59 Å². The SMILES string of the molecule is C[C@@H]1CCC[C@H](n2cc(F)c(-c3cc(Cl)ccc3-n3cc(Cl)nn3)cc2=O)c2cc(ccn2)-c2c(cnn2C(C)(C)C)NC1=O. The number of pyridine rings is 2. The molecule has 5 heterocycles. The molecule has 1 aliphatic rings. The van der Waals surface area contributed by atoms with Gasteiger partial charge in [0, 0.05) is 46.1 Å². The molecule has 5 aromatic rings. The van der Waals surface area contributed by atoms with Gasteiger partial charge in [-0.15, -0.1) is 5.10 Å². The first-order chi connectivity index (χ1) is 21.4. The van der Waals surface area contributed by atoms with Crippen molar-refractivity contribution in [2.24, 2.45) is 5.92 Å². The number of benzene rings is 1. The summed E-state index contributed by atoms with van der Waals surface area (Å²) in [6, 6.07) is 9.24. The number of fused-ring (bicyclic) bond motifs is 4. The summed E-state index contributed by atoms with van der Waals surface area (Å²) in [6.07, 6.45) is 7.63. The van der Waals surface area contributed by atoms with Crippen molar-refractivity contribution >= 4 is 34.8 Å². The van der Waals surface area contributed by atoms with Crippen molar-refractivity contribution in [2.45, 2.75) is 58.5 Å². The molecule has 0 aliphatic carbocycles. The van der Waals surface area contributed by atoms with Gasteiger partial charge < -0.3 is 9.88 Å². The summed E-state index contributed by atoms with van der Waals surface area (Å²) in [6.45, 7) is 7.95. The van der Waals surface area contributed by atoms with Gasteiger partial charge in [0.1, 0.15) is 5.82 Å². The maximum Gasteiger partial charge on any atom is 0.251 e. The Morgan fingerprint density at radius 2 is 1.82 bits per heavy atom. The van der Waals surface area contributed by atoms with Gasteiger partial charge in [0.25, 0.3) is 5.56 Å². The summed E-state index contributed by atoms with van der Waals surface area (Å²) in [4.78, 5) is 31.6. The van der Waals surface area contributed by atoms with Crippen molar-refractivity contribution in [2.75, 3.05) is 5.32 Å². The number of carbonyl (C=O) groups is 1. The molecule has 2 atom stereocenters. The van der Waals surface area contributed by atoms with E-state index in [4.69, 9.17) is 23.2 Å². The van der Waals surface area contributed by atoms with E-state index in [1.807, 2.05) is 44.5 Å². The van der Waals surface area contributed by atoms with Crippen molar-refractivity contribution in [3.05, 3.63) is 93.2 Å². The predicted octanol–water partition coefficient (Wildman–Crippen LogP) is 6.90. The molecule has 0 saturated heterocycles. The second kappa shape index (κ2) is 11.9. The van der Waals surface area contributed by atoms with Crippen LogP contribution in [0.3, 0.4) is 0 Å². The standard InChI is InChI=1S/C32H31Cl2FN8O2/c1-18-6-5-7-27(24-12-19(10-11-36-24)30-25(38-31(18)45)15-37-43(30)32(2,3)4)41-16-23(35)21(14-29(41)44)22-13-20(33)8-9-26(22)42-17-28(34)39-40-42/h8-18,27H,5-7H2,1-4H3,(H,38,45)/t18-,27+/m1/s1. The lowest BCUT2D eigenvalue weighted by molar-refractivity contribution is -0.119. The maximum absolute atomic E-state index is 16.1. The van der Waals surface area contributed by atoms with E-state index in [0.29, 0.717) is 46.9 Å². The van der Waals surface area contributed by atoms with E-state index in [2.05, 4.69) is 25.7 Å². The molecule has 0 fully saturated rings. The van der Waals surface area contributed by atoms with Gasteiger partial charge in [-0.2, -0.15) is 5.10 Å². The summed E-state index contributed by atoms with van der Waals surface area (Å²) in [5, 5.41) is 16.0. The van der Waals surface area contributed by atoms with Crippen LogP contribution in [0.25, 0.3) is 28.1 Å². The molecule has 0 radical (unpaired) electrons. The summed E-state index contributed by atoms with van der Waals surface area (Å²) < 4.78 is 20.7. The van der Waals surface area contributed by atoms with Crippen LogP contribution in [-0.4, -0.2) is 40.2 Å². The van der Waals surface area contributed by atoms with Gasteiger partial charge in [0.2, 0.25) is 5.91 Å². The largest absolute Gasteiger partial charge is 0.323 e. The number of nitrogens with zero attached hydrogens (tertiary/aromatic N) is 7. The minimum Gasteiger partial charge on any atom is -0.323 e. The summed E-state index contributed by atoms with van der Waals surface area (Å²) >= 11 is 12.3. The van der Waals surface area contributed by atoms with Crippen LogP contribution < -0.4 is 10.9 Å². The van der Waals surface area contributed by atoms with Crippen LogP contribution in [-0.2, 0) is 10.3 Å². The number of hydrogen-bond donors (Lipinski definition) is 1. The summed E-state index contributed by atoms with van der Waals surface area (Å²) in [7, 11) is 0. The van der Waals surface area contributed by atoms with Gasteiger partial charge in [-0.25, -0.2) is 9.07 Å².